The van der Waals surface area contributed by atoms with Crippen molar-refractivity contribution in [3.8, 4) is 0 Å². The van der Waals surface area contributed by atoms with Crippen LogP contribution in [0.5, 0.6) is 0 Å². The second kappa shape index (κ2) is 9.73. The first-order chi connectivity index (χ1) is 16.5. The third-order valence-electron chi connectivity index (χ3n) is 6.66. The van der Waals surface area contributed by atoms with E-state index in [2.05, 4.69) is 92.8 Å². The average molecular weight is 487 g/mol. The quantitative estimate of drug-likeness (QED) is 0.517. The molecule has 0 saturated heterocycles. The van der Waals surface area contributed by atoms with E-state index in [-0.39, 0.29) is 16.5 Å². The summed E-state index contributed by atoms with van der Waals surface area (Å²) in [7, 11) is -2.86. The molecule has 0 radical (unpaired) electrons. The maximum atomic E-state index is 13.8. The van der Waals surface area contributed by atoms with Gasteiger partial charge in [0.15, 0.2) is 0 Å². The van der Waals surface area contributed by atoms with Crippen molar-refractivity contribution in [1.29, 1.82) is 0 Å². The van der Waals surface area contributed by atoms with Crippen LogP contribution in [0.25, 0.3) is 0 Å². The lowest BCUT2D eigenvalue weighted by molar-refractivity contribution is -0.152. The minimum Gasteiger partial charge on any atom is -0.350 e. The van der Waals surface area contributed by atoms with Gasteiger partial charge in [-0.15, -0.1) is 0 Å². The Morgan fingerprint density at radius 1 is 0.829 bits per heavy atom. The molecule has 4 nitrogen and oxygen atoms in total. The number of hydroxylamine groups is 2. The first-order valence-corrected chi connectivity index (χ1v) is 14.4. The highest BCUT2D eigenvalue weighted by molar-refractivity contribution is 6.99. The van der Waals surface area contributed by atoms with Crippen molar-refractivity contribution in [3.05, 3.63) is 96.1 Å². The second-order valence-corrected chi connectivity index (χ2v) is 15.7. The highest BCUT2D eigenvalue weighted by Gasteiger charge is 2.53. The van der Waals surface area contributed by atoms with E-state index in [1.807, 2.05) is 44.0 Å². The van der Waals surface area contributed by atoms with E-state index in [4.69, 9.17) is 4.53 Å². The first kappa shape index (κ1) is 25.4. The van der Waals surface area contributed by atoms with E-state index in [0.717, 1.165) is 12.0 Å². The monoisotopic (exact) mass is 486 g/mol. The summed E-state index contributed by atoms with van der Waals surface area (Å²) in [4.78, 5) is 13.8. The molecule has 0 bridgehead atoms. The number of hydrogen-bond donors (Lipinski definition) is 1. The summed E-state index contributed by atoms with van der Waals surface area (Å²) in [5.41, 5.74) is 1.90. The van der Waals surface area contributed by atoms with Crippen LogP contribution >= 0.6 is 0 Å². The van der Waals surface area contributed by atoms with E-state index in [1.54, 1.807) is 0 Å². The number of rotatable bonds is 5. The topological polar surface area (TPSA) is 41.6 Å². The smallest absolute Gasteiger partial charge is 0.287 e. The van der Waals surface area contributed by atoms with E-state index < -0.39 is 14.4 Å². The van der Waals surface area contributed by atoms with Crippen molar-refractivity contribution >= 4 is 24.6 Å². The van der Waals surface area contributed by atoms with Gasteiger partial charge in [0.25, 0.3) is 8.32 Å². The fourth-order valence-electron chi connectivity index (χ4n) is 5.15. The minimum atomic E-state index is -2.86. The largest absolute Gasteiger partial charge is 0.350 e. The summed E-state index contributed by atoms with van der Waals surface area (Å²) in [6.07, 6.45) is 0.841. The van der Waals surface area contributed by atoms with Crippen molar-refractivity contribution in [2.45, 2.75) is 64.6 Å². The van der Waals surface area contributed by atoms with E-state index in [9.17, 15) is 4.79 Å². The predicted molar refractivity (Wildman–Crippen MR) is 146 cm³/mol. The van der Waals surface area contributed by atoms with Crippen LogP contribution in [0.1, 0.15) is 58.7 Å². The molecule has 1 heterocycles. The van der Waals surface area contributed by atoms with Crippen LogP contribution in [0, 0.1) is 0 Å². The first-order valence-electron chi connectivity index (χ1n) is 12.5. The number of carbonyl (C=O) groups is 1. The third-order valence-corrected chi connectivity index (χ3v) is 11.6. The number of benzene rings is 3. The fourth-order valence-corrected chi connectivity index (χ4v) is 9.57. The van der Waals surface area contributed by atoms with Gasteiger partial charge in [0.1, 0.15) is 6.04 Å². The van der Waals surface area contributed by atoms with Crippen LogP contribution in [0.15, 0.2) is 84.9 Å². The zero-order chi connectivity index (χ0) is 25.3. The van der Waals surface area contributed by atoms with Crippen molar-refractivity contribution in [2.24, 2.45) is 0 Å². The van der Waals surface area contributed by atoms with Crippen LogP contribution < -0.4 is 15.7 Å². The van der Waals surface area contributed by atoms with Crippen molar-refractivity contribution < 1.29 is 9.32 Å². The lowest BCUT2D eigenvalue weighted by atomic mass is 9.93. The molecule has 0 aromatic heterocycles. The molecule has 0 saturated carbocycles. The van der Waals surface area contributed by atoms with Gasteiger partial charge < -0.3 is 9.84 Å². The Morgan fingerprint density at radius 3 is 1.86 bits per heavy atom. The lowest BCUT2D eigenvalue weighted by Crippen LogP contribution is -2.69. The Kier molecular flexibility index (Phi) is 7.05. The molecule has 0 fully saturated rings. The molecule has 35 heavy (non-hydrogen) atoms. The number of fused-ring (bicyclic) bond motifs is 1. The molecule has 1 amide bonds. The molecule has 1 atom stereocenters. The maximum absolute atomic E-state index is 13.8. The third kappa shape index (κ3) is 5.13. The fraction of sp³-hybridized carbons (Fsp3) is 0.367. The lowest BCUT2D eigenvalue weighted by Gasteiger charge is -2.48. The molecule has 5 heteroatoms. The summed E-state index contributed by atoms with van der Waals surface area (Å²) in [6.45, 7) is 13.5. The Morgan fingerprint density at radius 2 is 1.34 bits per heavy atom. The molecular weight excluding hydrogens is 448 g/mol. The summed E-state index contributed by atoms with van der Waals surface area (Å²) < 4.78 is 7.33. The predicted octanol–water partition coefficient (Wildman–Crippen LogP) is 4.99. The van der Waals surface area contributed by atoms with Gasteiger partial charge in [-0.3, -0.25) is 4.79 Å². The Bertz CT molecular complexity index is 1110. The molecule has 1 aliphatic rings. The SMILES string of the molecule is CC(C)(C)NC(=O)C1c2ccccc2CCN1O[Si](c1ccccc1)(c1ccccc1)C(C)(C)C. The molecule has 0 spiro atoms. The number of carbonyl (C=O) groups excluding carboxylic acids is 1. The van der Waals surface area contributed by atoms with Crippen molar-refractivity contribution in [1.82, 2.24) is 10.4 Å². The summed E-state index contributed by atoms with van der Waals surface area (Å²) in [5, 5.41) is 7.43. The van der Waals surface area contributed by atoms with Crippen LogP contribution in [0.4, 0.5) is 0 Å². The van der Waals surface area contributed by atoms with Crippen LogP contribution in [0.2, 0.25) is 5.04 Å². The molecule has 0 aliphatic carbocycles. The maximum Gasteiger partial charge on any atom is 0.287 e. The zero-order valence-corrected chi connectivity index (χ0v) is 22.8. The van der Waals surface area contributed by atoms with Gasteiger partial charge >= 0.3 is 0 Å². The Balaban J connectivity index is 1.88. The molecule has 1 unspecified atom stereocenters. The number of amides is 1. The van der Waals surface area contributed by atoms with E-state index in [0.29, 0.717) is 6.54 Å². The highest BCUT2D eigenvalue weighted by Crippen LogP contribution is 2.40. The molecular formula is C30H38N2O2Si. The van der Waals surface area contributed by atoms with Gasteiger partial charge in [-0.05, 0) is 53.7 Å². The Hall–Kier alpha value is -2.73. The summed E-state index contributed by atoms with van der Waals surface area (Å²) in [5.74, 6) is -0.0254. The zero-order valence-electron chi connectivity index (χ0n) is 21.8. The average Bonchev–Trinajstić information content (AvgIpc) is 2.81. The molecule has 4 rings (SSSR count). The minimum absolute atomic E-state index is 0.0254. The van der Waals surface area contributed by atoms with Gasteiger partial charge in [0.05, 0.1) is 0 Å². The van der Waals surface area contributed by atoms with Gasteiger partial charge in [0.2, 0.25) is 5.91 Å². The summed E-state index contributed by atoms with van der Waals surface area (Å²) in [6, 6.07) is 29.0. The second-order valence-electron chi connectivity index (χ2n) is 11.5. The van der Waals surface area contributed by atoms with E-state index in [1.165, 1.54) is 15.9 Å². The molecule has 1 N–H and O–H groups in total. The normalized spacial score (nSPS) is 17.0. The number of hydrogen-bond acceptors (Lipinski definition) is 3. The van der Waals surface area contributed by atoms with Crippen LogP contribution in [-0.2, 0) is 15.7 Å². The van der Waals surface area contributed by atoms with Crippen molar-refractivity contribution in [2.75, 3.05) is 6.54 Å². The Labute approximate surface area is 211 Å². The molecule has 184 valence electrons. The van der Waals surface area contributed by atoms with Crippen LogP contribution in [0.3, 0.4) is 0 Å². The number of nitrogens with zero attached hydrogens (tertiary/aromatic N) is 1. The van der Waals surface area contributed by atoms with Crippen LogP contribution in [-0.4, -0.2) is 31.4 Å². The number of nitrogens with one attached hydrogen (secondary N) is 1. The highest BCUT2D eigenvalue weighted by atomic mass is 28.4. The standard InChI is InChI=1S/C30H38N2O2Si/c1-29(2,3)31-28(33)27-26-20-14-13-15-23(26)21-22-32(27)34-35(30(4,5)6,24-16-9-7-10-17-24)25-18-11-8-12-19-25/h7-20,27H,21-22H2,1-6H3,(H,31,33). The molecule has 3 aromatic rings. The molecule has 1 aliphatic heterocycles. The van der Waals surface area contributed by atoms with E-state index >= 15 is 0 Å². The van der Waals surface area contributed by atoms with Gasteiger partial charge in [-0.2, -0.15) is 5.06 Å². The van der Waals surface area contributed by atoms with Crippen molar-refractivity contribution in [3.63, 3.8) is 0 Å². The van der Waals surface area contributed by atoms with Gasteiger partial charge in [-0.25, -0.2) is 0 Å². The van der Waals surface area contributed by atoms with Gasteiger partial charge in [0, 0.05) is 12.1 Å². The van der Waals surface area contributed by atoms with Gasteiger partial charge in [-0.1, -0.05) is 106 Å². The molecule has 3 aromatic carbocycles. The summed E-state index contributed by atoms with van der Waals surface area (Å²) >= 11 is 0.